The highest BCUT2D eigenvalue weighted by Gasteiger charge is 2.76. The maximum Gasteiger partial charge on any atom is 0.313 e. The van der Waals surface area contributed by atoms with E-state index in [1.807, 2.05) is 99.6 Å². The van der Waals surface area contributed by atoms with Gasteiger partial charge in [-0.15, -0.1) is 13.2 Å². The molecule has 0 saturated carbocycles. The van der Waals surface area contributed by atoms with Crippen LogP contribution in [-0.2, 0) is 35.1 Å². The molecule has 0 aromatic heterocycles. The summed E-state index contributed by atoms with van der Waals surface area (Å²) in [6.07, 6.45) is 3.73. The Morgan fingerprint density at radius 3 is 2.38 bits per heavy atom. The number of amides is 3. The fourth-order valence-corrected chi connectivity index (χ4v) is 8.89. The van der Waals surface area contributed by atoms with E-state index in [-0.39, 0.29) is 24.8 Å². The number of fused-ring (bicyclic) bond motifs is 1. The van der Waals surface area contributed by atoms with E-state index >= 15 is 9.59 Å². The number of carbonyl (C=O) groups excluding carboxylic acids is 4. The normalized spacial score (nSPS) is 24.1. The van der Waals surface area contributed by atoms with Crippen molar-refractivity contribution < 1.29 is 33.8 Å². The molecule has 2 bridgehead atoms. The summed E-state index contributed by atoms with van der Waals surface area (Å²) < 4.78 is 13.2. The number of carbonyl (C=O) groups is 4. The number of likely N-dealkylation sites (tertiary alicyclic amines) is 1. The van der Waals surface area contributed by atoms with Crippen molar-refractivity contribution in [1.29, 1.82) is 0 Å². The number of aliphatic hydroxyl groups excluding tert-OH is 1. The lowest BCUT2D eigenvalue weighted by Gasteiger charge is -2.39. The zero-order valence-corrected chi connectivity index (χ0v) is 32.3. The molecule has 0 unspecified atom stereocenters. The molecule has 1 N–H and O–H groups in total. The van der Waals surface area contributed by atoms with Crippen molar-refractivity contribution >= 4 is 29.4 Å². The third-order valence-corrected chi connectivity index (χ3v) is 11.8. The van der Waals surface area contributed by atoms with Crippen molar-refractivity contribution in [2.45, 2.75) is 88.8 Å². The molecular weight excluding hydrogens is 695 g/mol. The predicted octanol–water partition coefficient (Wildman–Crippen LogP) is 5.90. The van der Waals surface area contributed by atoms with Gasteiger partial charge < -0.3 is 29.3 Å². The van der Waals surface area contributed by atoms with E-state index in [9.17, 15) is 14.7 Å². The van der Waals surface area contributed by atoms with Crippen LogP contribution in [0, 0.1) is 25.7 Å². The van der Waals surface area contributed by atoms with E-state index in [1.165, 1.54) is 4.90 Å². The summed E-state index contributed by atoms with van der Waals surface area (Å²) in [5.41, 5.74) is 2.78. The first kappa shape index (κ1) is 39.6. The van der Waals surface area contributed by atoms with Crippen LogP contribution in [-0.4, -0.2) is 88.6 Å². The summed E-state index contributed by atoms with van der Waals surface area (Å²) in [6.45, 7) is 13.2. The first-order valence-electron chi connectivity index (χ1n) is 19.2. The summed E-state index contributed by atoms with van der Waals surface area (Å²) in [4.78, 5) is 62.9. The van der Waals surface area contributed by atoms with Crippen molar-refractivity contribution in [3.8, 4) is 0 Å². The van der Waals surface area contributed by atoms with Crippen LogP contribution >= 0.6 is 0 Å². The van der Waals surface area contributed by atoms with Gasteiger partial charge in [-0.2, -0.15) is 0 Å². The molecule has 3 aromatic rings. The van der Waals surface area contributed by atoms with Crippen LogP contribution in [0.5, 0.6) is 0 Å². The lowest BCUT2D eigenvalue weighted by atomic mass is 9.70. The fourth-order valence-electron chi connectivity index (χ4n) is 8.89. The second kappa shape index (κ2) is 16.8. The number of nitrogens with zero attached hydrogens (tertiary/aromatic N) is 3. The molecule has 8 atom stereocenters. The Labute approximate surface area is 324 Å². The Kier molecular flexibility index (Phi) is 12.1. The molecule has 0 radical (unpaired) electrons. The zero-order valence-electron chi connectivity index (χ0n) is 32.3. The minimum Gasteiger partial charge on any atom is -0.455 e. The molecule has 3 fully saturated rings. The number of anilines is 1. The standard InChI is InChI=1S/C45H53N3O7/c1-7-9-20-37(50)46(6)31(5)40(33-18-14-11-15-19-33)54-44(53)38-36-23-24-45(55-36)39(38)42(51)48(34(28-49)27-32-16-12-10-13-17-32)41(45)43(52)47(25-8-2)35-26-29(3)21-22-30(35)4/h7-8,10-19,21-22,26,31,34,36,38-41,49H,1-2,9,20,23-25,27-28H2,3-6H3/t31-,34+,36-,38+,39+,40+,41-,45+/m0/s1. The summed E-state index contributed by atoms with van der Waals surface area (Å²) in [7, 11) is 1.69. The van der Waals surface area contributed by atoms with Gasteiger partial charge >= 0.3 is 5.97 Å². The van der Waals surface area contributed by atoms with Gasteiger partial charge in [0.05, 0.1) is 36.6 Å². The maximum atomic E-state index is 15.3. The number of hydrogen-bond acceptors (Lipinski definition) is 7. The monoisotopic (exact) mass is 747 g/mol. The van der Waals surface area contributed by atoms with E-state index in [0.717, 1.165) is 16.7 Å². The smallest absolute Gasteiger partial charge is 0.313 e. The zero-order chi connectivity index (χ0) is 39.4. The number of hydrogen-bond donors (Lipinski definition) is 1. The lowest BCUT2D eigenvalue weighted by molar-refractivity contribution is -0.165. The van der Waals surface area contributed by atoms with Gasteiger partial charge in [0.1, 0.15) is 17.7 Å². The largest absolute Gasteiger partial charge is 0.455 e. The molecule has 10 nitrogen and oxygen atoms in total. The Hall–Kier alpha value is -5.06. The van der Waals surface area contributed by atoms with Gasteiger partial charge in [0.2, 0.25) is 11.8 Å². The highest BCUT2D eigenvalue weighted by molar-refractivity contribution is 6.05. The van der Waals surface area contributed by atoms with Crippen LogP contribution in [0.1, 0.15) is 61.0 Å². The van der Waals surface area contributed by atoms with Crippen molar-refractivity contribution in [3.63, 3.8) is 0 Å². The number of likely N-dealkylation sites (N-methyl/N-ethyl adjacent to an activating group) is 1. The van der Waals surface area contributed by atoms with Gasteiger partial charge in [-0.25, -0.2) is 0 Å². The molecule has 1 spiro atoms. The van der Waals surface area contributed by atoms with Crippen molar-refractivity contribution in [1.82, 2.24) is 9.80 Å². The molecule has 3 saturated heterocycles. The molecule has 6 rings (SSSR count). The second-order valence-electron chi connectivity index (χ2n) is 15.2. The van der Waals surface area contributed by atoms with Crippen LogP contribution < -0.4 is 4.90 Å². The Balaban J connectivity index is 1.40. The topological polar surface area (TPSA) is 117 Å². The highest BCUT2D eigenvalue weighted by Crippen LogP contribution is 2.59. The molecule has 3 heterocycles. The number of aliphatic hydroxyl groups is 1. The SMILES string of the molecule is C=CCCC(=O)N(C)[C@@H](C)[C@@H](OC(=O)[C@@H]1[C@@H]2CC[C@]3(O2)[C@H](C(=O)N(CC=C)c2cc(C)ccc2C)N([C@@H](CO)Cc2ccccc2)C(=O)[C@@H]13)c1ccccc1. The van der Waals surface area contributed by atoms with Gasteiger partial charge in [-0.05, 0) is 74.8 Å². The minimum atomic E-state index is -1.34. The van der Waals surface area contributed by atoms with Gasteiger partial charge in [-0.1, -0.05) is 84.9 Å². The van der Waals surface area contributed by atoms with Crippen LogP contribution in [0.3, 0.4) is 0 Å². The second-order valence-corrected chi connectivity index (χ2v) is 15.2. The fraction of sp³-hybridized carbons (Fsp3) is 0.422. The molecule has 3 aliphatic heterocycles. The van der Waals surface area contributed by atoms with E-state index in [0.29, 0.717) is 36.9 Å². The van der Waals surface area contributed by atoms with Crippen LogP contribution in [0.15, 0.2) is 104 Å². The Morgan fingerprint density at radius 2 is 1.73 bits per heavy atom. The predicted molar refractivity (Wildman–Crippen MR) is 211 cm³/mol. The Morgan fingerprint density at radius 1 is 1.04 bits per heavy atom. The first-order chi connectivity index (χ1) is 26.5. The summed E-state index contributed by atoms with van der Waals surface area (Å²) >= 11 is 0. The molecule has 3 aromatic carbocycles. The summed E-state index contributed by atoms with van der Waals surface area (Å²) in [5.74, 6) is -3.55. The van der Waals surface area contributed by atoms with Crippen molar-refractivity contribution in [2.75, 3.05) is 25.1 Å². The molecule has 10 heteroatoms. The van der Waals surface area contributed by atoms with Crippen LogP contribution in [0.25, 0.3) is 0 Å². The highest BCUT2D eigenvalue weighted by atomic mass is 16.6. The van der Waals surface area contributed by atoms with E-state index in [4.69, 9.17) is 9.47 Å². The number of benzene rings is 3. The minimum absolute atomic E-state index is 0.115. The van der Waals surface area contributed by atoms with Crippen molar-refractivity contribution in [3.05, 3.63) is 126 Å². The number of esters is 1. The van der Waals surface area contributed by atoms with E-state index in [2.05, 4.69) is 13.2 Å². The molecule has 55 heavy (non-hydrogen) atoms. The quantitative estimate of drug-likeness (QED) is 0.143. The first-order valence-corrected chi connectivity index (χ1v) is 19.2. The van der Waals surface area contributed by atoms with Crippen LogP contribution in [0.4, 0.5) is 5.69 Å². The maximum absolute atomic E-state index is 15.3. The number of ether oxygens (including phenoxy) is 2. The molecule has 3 amide bonds. The lowest BCUT2D eigenvalue weighted by Crippen LogP contribution is -2.59. The number of aryl methyl sites for hydroxylation is 2. The average Bonchev–Trinajstić information content (AvgIpc) is 3.85. The van der Waals surface area contributed by atoms with Gasteiger partial charge in [0.15, 0.2) is 0 Å². The summed E-state index contributed by atoms with van der Waals surface area (Å²) in [6, 6.07) is 22.2. The number of allylic oxidation sites excluding steroid dienone is 1. The van der Waals surface area contributed by atoms with Crippen molar-refractivity contribution in [2.24, 2.45) is 11.8 Å². The van der Waals surface area contributed by atoms with Gasteiger partial charge in [-0.3, -0.25) is 19.2 Å². The summed E-state index contributed by atoms with van der Waals surface area (Å²) in [5, 5.41) is 11.0. The van der Waals surface area contributed by atoms with Gasteiger partial charge in [0, 0.05) is 25.7 Å². The average molecular weight is 748 g/mol. The Bertz CT molecular complexity index is 1900. The van der Waals surface area contributed by atoms with E-state index in [1.54, 1.807) is 29.0 Å². The van der Waals surface area contributed by atoms with E-state index < -0.39 is 66.3 Å². The molecule has 3 aliphatic rings. The van der Waals surface area contributed by atoms with Gasteiger partial charge in [0.25, 0.3) is 5.91 Å². The molecule has 0 aliphatic carbocycles. The third kappa shape index (κ3) is 7.50. The van der Waals surface area contributed by atoms with Crippen LogP contribution in [0.2, 0.25) is 0 Å². The molecular formula is C45H53N3O7. The third-order valence-electron chi connectivity index (χ3n) is 11.8. The number of rotatable bonds is 16. The molecule has 290 valence electrons.